The standard InChI is InChI=1S/C22H24F3NO3S/c1-29-20-9-5-8-19(16-20)26(15-14-17-6-3-2-4-7-17)30(27,28)21-12-10-18(11-13-21)22(23,24)25/h5-6,8-13,16H,2-4,7,14-15H2,1H3. The number of ether oxygens (including phenoxy) is 1. The van der Waals surface area contributed by atoms with Crippen LogP contribution in [0.5, 0.6) is 5.75 Å². The number of nitrogens with zero attached hydrogens (tertiary/aromatic N) is 1. The van der Waals surface area contributed by atoms with Gasteiger partial charge in [-0.2, -0.15) is 13.2 Å². The molecule has 0 aromatic heterocycles. The maximum absolute atomic E-state index is 13.4. The Morgan fingerprint density at radius 2 is 1.80 bits per heavy atom. The molecule has 4 nitrogen and oxygen atoms in total. The highest BCUT2D eigenvalue weighted by Gasteiger charge is 2.32. The van der Waals surface area contributed by atoms with Gasteiger partial charge >= 0.3 is 6.18 Å². The quantitative estimate of drug-likeness (QED) is 0.512. The molecule has 2 aromatic carbocycles. The van der Waals surface area contributed by atoms with Crippen LogP contribution in [0.25, 0.3) is 0 Å². The van der Waals surface area contributed by atoms with E-state index >= 15 is 0 Å². The fraction of sp³-hybridized carbons (Fsp3) is 0.364. The first kappa shape index (κ1) is 22.2. The van der Waals surface area contributed by atoms with E-state index in [4.69, 9.17) is 4.74 Å². The summed E-state index contributed by atoms with van der Waals surface area (Å²) in [4.78, 5) is -0.184. The largest absolute Gasteiger partial charge is 0.497 e. The number of allylic oxidation sites excluding steroid dienone is 1. The highest BCUT2D eigenvalue weighted by molar-refractivity contribution is 7.92. The molecule has 0 saturated carbocycles. The first-order valence-corrected chi connectivity index (χ1v) is 11.2. The Morgan fingerprint density at radius 3 is 2.40 bits per heavy atom. The molecule has 0 unspecified atom stereocenters. The third kappa shape index (κ3) is 5.16. The lowest BCUT2D eigenvalue weighted by atomic mass is 9.97. The Morgan fingerprint density at radius 1 is 1.07 bits per heavy atom. The van der Waals surface area contributed by atoms with E-state index in [0.717, 1.165) is 49.9 Å². The van der Waals surface area contributed by atoms with Crippen molar-refractivity contribution in [2.24, 2.45) is 0 Å². The minimum absolute atomic E-state index is 0.184. The summed E-state index contributed by atoms with van der Waals surface area (Å²) in [5.41, 5.74) is 0.726. The number of halogens is 3. The number of anilines is 1. The molecular formula is C22H24F3NO3S. The first-order chi connectivity index (χ1) is 14.2. The maximum atomic E-state index is 13.4. The second kappa shape index (κ2) is 9.12. The highest BCUT2D eigenvalue weighted by atomic mass is 32.2. The predicted octanol–water partition coefficient (Wildman–Crippen LogP) is 5.80. The Balaban J connectivity index is 1.95. The molecule has 0 heterocycles. The monoisotopic (exact) mass is 439 g/mol. The minimum atomic E-state index is -4.53. The lowest BCUT2D eigenvalue weighted by Gasteiger charge is -2.26. The Kier molecular flexibility index (Phi) is 6.75. The van der Waals surface area contributed by atoms with Gasteiger partial charge in [-0.25, -0.2) is 8.42 Å². The van der Waals surface area contributed by atoms with E-state index in [0.29, 0.717) is 17.9 Å². The van der Waals surface area contributed by atoms with Crippen molar-refractivity contribution >= 4 is 15.7 Å². The topological polar surface area (TPSA) is 46.6 Å². The van der Waals surface area contributed by atoms with Crippen molar-refractivity contribution in [3.05, 3.63) is 65.7 Å². The second-order valence-corrected chi connectivity index (χ2v) is 9.02. The Hall–Kier alpha value is -2.48. The summed E-state index contributed by atoms with van der Waals surface area (Å²) in [7, 11) is -2.57. The van der Waals surface area contributed by atoms with Crippen molar-refractivity contribution in [2.75, 3.05) is 18.0 Å². The predicted molar refractivity (Wildman–Crippen MR) is 110 cm³/mol. The SMILES string of the molecule is COc1cccc(N(CCC2=CCCCC2)S(=O)(=O)c2ccc(C(F)(F)F)cc2)c1. The van der Waals surface area contributed by atoms with Gasteiger partial charge in [-0.3, -0.25) is 4.31 Å². The van der Waals surface area contributed by atoms with Crippen molar-refractivity contribution in [2.45, 2.75) is 43.2 Å². The van der Waals surface area contributed by atoms with E-state index in [1.807, 2.05) is 0 Å². The number of methoxy groups -OCH3 is 1. The van der Waals surface area contributed by atoms with Crippen molar-refractivity contribution < 1.29 is 26.3 Å². The molecule has 0 N–H and O–H groups in total. The zero-order chi connectivity index (χ0) is 21.8. The third-order valence-corrected chi connectivity index (χ3v) is 6.97. The van der Waals surface area contributed by atoms with Gasteiger partial charge in [-0.05, 0) is 68.5 Å². The maximum Gasteiger partial charge on any atom is 0.416 e. The molecule has 1 aliphatic carbocycles. The van der Waals surface area contributed by atoms with Gasteiger partial charge in [0, 0.05) is 12.6 Å². The zero-order valence-electron chi connectivity index (χ0n) is 16.7. The third-order valence-electron chi connectivity index (χ3n) is 5.13. The van der Waals surface area contributed by atoms with E-state index in [1.165, 1.54) is 17.0 Å². The Labute approximate surface area is 175 Å². The summed E-state index contributed by atoms with van der Waals surface area (Å²) < 4.78 is 71.8. The number of benzene rings is 2. The number of hydrogen-bond donors (Lipinski definition) is 0. The molecule has 3 rings (SSSR count). The summed E-state index contributed by atoms with van der Waals surface area (Å²) in [6.45, 7) is 0.197. The van der Waals surface area contributed by atoms with Gasteiger partial charge in [0.1, 0.15) is 5.75 Å². The molecule has 0 bridgehead atoms. The fourth-order valence-corrected chi connectivity index (χ4v) is 4.93. The number of sulfonamides is 1. The fourth-order valence-electron chi connectivity index (χ4n) is 3.47. The average Bonchev–Trinajstić information content (AvgIpc) is 2.74. The molecule has 0 fully saturated rings. The van der Waals surface area contributed by atoms with Gasteiger partial charge in [0.2, 0.25) is 0 Å². The molecule has 0 spiro atoms. The normalized spacial score (nSPS) is 14.9. The van der Waals surface area contributed by atoms with Crippen molar-refractivity contribution in [3.8, 4) is 5.75 Å². The first-order valence-electron chi connectivity index (χ1n) is 9.74. The van der Waals surface area contributed by atoms with Gasteiger partial charge < -0.3 is 4.74 Å². The van der Waals surface area contributed by atoms with Crippen molar-refractivity contribution in [1.29, 1.82) is 0 Å². The van der Waals surface area contributed by atoms with Crippen LogP contribution in [0.3, 0.4) is 0 Å². The smallest absolute Gasteiger partial charge is 0.416 e. The summed E-state index contributed by atoms with van der Waals surface area (Å²) >= 11 is 0. The zero-order valence-corrected chi connectivity index (χ0v) is 17.5. The summed E-state index contributed by atoms with van der Waals surface area (Å²) in [5, 5.41) is 0. The number of rotatable bonds is 7. The molecule has 0 saturated heterocycles. The van der Waals surface area contributed by atoms with Crippen LogP contribution >= 0.6 is 0 Å². The van der Waals surface area contributed by atoms with E-state index < -0.39 is 21.8 Å². The molecule has 30 heavy (non-hydrogen) atoms. The van der Waals surface area contributed by atoms with Crippen LogP contribution in [-0.2, 0) is 16.2 Å². The number of hydrogen-bond acceptors (Lipinski definition) is 3. The van der Waals surface area contributed by atoms with E-state index in [2.05, 4.69) is 6.08 Å². The van der Waals surface area contributed by atoms with E-state index in [-0.39, 0.29) is 11.4 Å². The summed E-state index contributed by atoms with van der Waals surface area (Å²) in [6.07, 6.45) is 2.33. The molecule has 8 heteroatoms. The second-order valence-electron chi connectivity index (χ2n) is 7.16. The molecule has 0 radical (unpaired) electrons. The van der Waals surface area contributed by atoms with Gasteiger partial charge in [0.15, 0.2) is 0 Å². The van der Waals surface area contributed by atoms with Crippen LogP contribution in [0.2, 0.25) is 0 Å². The molecule has 2 aromatic rings. The highest BCUT2D eigenvalue weighted by Crippen LogP contribution is 2.32. The van der Waals surface area contributed by atoms with Crippen LogP contribution in [0, 0.1) is 0 Å². The molecule has 0 amide bonds. The molecule has 0 aliphatic heterocycles. The average molecular weight is 439 g/mol. The van der Waals surface area contributed by atoms with Crippen LogP contribution in [0.4, 0.5) is 18.9 Å². The molecule has 0 atom stereocenters. The van der Waals surface area contributed by atoms with Crippen LogP contribution < -0.4 is 9.04 Å². The summed E-state index contributed by atoms with van der Waals surface area (Å²) in [6, 6.07) is 10.2. The number of alkyl halides is 3. The minimum Gasteiger partial charge on any atom is -0.497 e. The molecular weight excluding hydrogens is 415 g/mol. The van der Waals surface area contributed by atoms with Crippen LogP contribution in [-0.4, -0.2) is 22.1 Å². The van der Waals surface area contributed by atoms with Crippen molar-refractivity contribution in [1.82, 2.24) is 0 Å². The van der Waals surface area contributed by atoms with Gasteiger partial charge in [0.05, 0.1) is 23.3 Å². The lowest BCUT2D eigenvalue weighted by Crippen LogP contribution is -2.32. The molecule has 162 valence electrons. The molecule has 1 aliphatic rings. The van der Waals surface area contributed by atoms with Crippen molar-refractivity contribution in [3.63, 3.8) is 0 Å². The lowest BCUT2D eigenvalue weighted by molar-refractivity contribution is -0.137. The Bertz CT molecular complexity index is 999. The van der Waals surface area contributed by atoms with Crippen LogP contribution in [0.1, 0.15) is 37.7 Å². The van der Waals surface area contributed by atoms with E-state index in [1.54, 1.807) is 24.3 Å². The van der Waals surface area contributed by atoms with Gasteiger partial charge in [-0.15, -0.1) is 0 Å². The van der Waals surface area contributed by atoms with E-state index in [9.17, 15) is 21.6 Å². The van der Waals surface area contributed by atoms with Gasteiger partial charge in [0.25, 0.3) is 10.0 Å². The van der Waals surface area contributed by atoms with Crippen LogP contribution in [0.15, 0.2) is 65.1 Å². The summed E-state index contributed by atoms with van der Waals surface area (Å²) in [5.74, 6) is 0.497. The van der Waals surface area contributed by atoms with Gasteiger partial charge in [-0.1, -0.05) is 17.7 Å².